The first-order valence-electron chi connectivity index (χ1n) is 4.33. The number of aromatic nitrogens is 3. The van der Waals surface area contributed by atoms with Gasteiger partial charge in [0.05, 0.1) is 17.6 Å². The average Bonchev–Trinajstić information content (AvgIpc) is 2.44. The van der Waals surface area contributed by atoms with Gasteiger partial charge in [-0.05, 0) is 13.8 Å². The molecule has 1 aromatic rings. The summed E-state index contributed by atoms with van der Waals surface area (Å²) in [4.78, 5) is 8.12. The van der Waals surface area contributed by atoms with Crippen molar-refractivity contribution in [1.29, 1.82) is 0 Å². The standard InChI is InChI=1S/C9H8N6/c1-6-8(14-12-4-3-10-6)9-7(2)11-5-13-15-9/h3,5H,1-2H3. The van der Waals surface area contributed by atoms with Gasteiger partial charge in [-0.25, -0.2) is 9.98 Å². The van der Waals surface area contributed by atoms with Gasteiger partial charge in [0, 0.05) is 5.87 Å². The number of nitrogens with zero attached hydrogens (tertiary/aromatic N) is 6. The molecule has 1 aliphatic rings. The topological polar surface area (TPSA) is 75.8 Å². The summed E-state index contributed by atoms with van der Waals surface area (Å²) in [7, 11) is 0. The maximum atomic E-state index is 4.08. The second-order valence-corrected chi connectivity index (χ2v) is 2.92. The van der Waals surface area contributed by atoms with Gasteiger partial charge in [-0.1, -0.05) is 0 Å². The van der Waals surface area contributed by atoms with Gasteiger partial charge in [0.15, 0.2) is 0 Å². The lowest BCUT2D eigenvalue weighted by Gasteiger charge is -2.03. The molecule has 0 spiro atoms. The van der Waals surface area contributed by atoms with E-state index in [9.17, 15) is 0 Å². The van der Waals surface area contributed by atoms with Crippen LogP contribution in [0.5, 0.6) is 0 Å². The molecule has 1 aromatic heterocycles. The van der Waals surface area contributed by atoms with E-state index in [1.54, 1.807) is 0 Å². The van der Waals surface area contributed by atoms with Gasteiger partial charge in [0.25, 0.3) is 0 Å². The average molecular weight is 200 g/mol. The Kier molecular flexibility index (Phi) is 2.43. The van der Waals surface area contributed by atoms with E-state index in [0.717, 1.165) is 5.69 Å². The van der Waals surface area contributed by atoms with Crippen LogP contribution in [0.1, 0.15) is 18.3 Å². The number of hydrogen-bond acceptors (Lipinski definition) is 6. The molecule has 0 unspecified atom stereocenters. The molecule has 0 amide bonds. The molecule has 0 bridgehead atoms. The fourth-order valence-electron chi connectivity index (χ4n) is 1.13. The van der Waals surface area contributed by atoms with Crippen LogP contribution in [0, 0.1) is 6.92 Å². The van der Waals surface area contributed by atoms with E-state index in [2.05, 4.69) is 36.2 Å². The molecular weight excluding hydrogens is 192 g/mol. The predicted octanol–water partition coefficient (Wildman–Crippen LogP) is 0.542. The highest BCUT2D eigenvalue weighted by molar-refractivity contribution is 6.47. The Bertz CT molecular complexity index is 507. The molecule has 15 heavy (non-hydrogen) atoms. The summed E-state index contributed by atoms with van der Waals surface area (Å²) in [5.41, 5.74) is 2.64. The molecule has 0 fully saturated rings. The third kappa shape index (κ3) is 1.84. The molecule has 0 saturated carbocycles. The van der Waals surface area contributed by atoms with Crippen molar-refractivity contribution in [3.63, 3.8) is 0 Å². The maximum Gasteiger partial charge on any atom is 0.138 e. The number of aryl methyl sites for hydroxylation is 1. The number of aliphatic imine (C=N–C) groups is 1. The summed E-state index contributed by atoms with van der Waals surface area (Å²) in [6, 6.07) is 0. The Labute approximate surface area is 86.2 Å². The van der Waals surface area contributed by atoms with Crippen molar-refractivity contribution in [2.75, 3.05) is 0 Å². The van der Waals surface area contributed by atoms with E-state index in [0.29, 0.717) is 17.1 Å². The van der Waals surface area contributed by atoms with Crippen molar-refractivity contribution >= 4 is 17.3 Å². The van der Waals surface area contributed by atoms with Crippen LogP contribution < -0.4 is 0 Å². The monoisotopic (exact) mass is 200 g/mol. The van der Waals surface area contributed by atoms with E-state index >= 15 is 0 Å². The van der Waals surface area contributed by atoms with Gasteiger partial charge in [-0.3, -0.25) is 0 Å². The SMILES string of the molecule is CC1=NC=C=NN=C1c1nncnc1C. The maximum absolute atomic E-state index is 4.08. The number of rotatable bonds is 1. The Morgan fingerprint density at radius 1 is 1.27 bits per heavy atom. The lowest BCUT2D eigenvalue weighted by Crippen LogP contribution is -2.16. The molecule has 6 heteroatoms. The van der Waals surface area contributed by atoms with Crippen LogP contribution in [0.4, 0.5) is 0 Å². The van der Waals surface area contributed by atoms with Gasteiger partial charge >= 0.3 is 0 Å². The van der Waals surface area contributed by atoms with Crippen molar-refractivity contribution in [2.45, 2.75) is 13.8 Å². The minimum Gasteiger partial charge on any atom is -0.249 e. The minimum atomic E-state index is 0.578. The Morgan fingerprint density at radius 3 is 2.93 bits per heavy atom. The van der Waals surface area contributed by atoms with Crippen molar-refractivity contribution < 1.29 is 0 Å². The van der Waals surface area contributed by atoms with Gasteiger partial charge in [0.2, 0.25) is 0 Å². The summed E-state index contributed by atoms with van der Waals surface area (Å²) < 4.78 is 0. The molecule has 0 aliphatic carbocycles. The molecule has 0 saturated heterocycles. The fourth-order valence-corrected chi connectivity index (χ4v) is 1.13. The highest BCUT2D eigenvalue weighted by Gasteiger charge is 2.13. The Morgan fingerprint density at radius 2 is 2.13 bits per heavy atom. The smallest absolute Gasteiger partial charge is 0.138 e. The Hall–Kier alpha value is -2.20. The van der Waals surface area contributed by atoms with Crippen LogP contribution in [-0.2, 0) is 0 Å². The molecule has 0 aromatic carbocycles. The summed E-state index contributed by atoms with van der Waals surface area (Å²) in [5.74, 6) is 2.55. The zero-order chi connectivity index (χ0) is 10.7. The normalized spacial score (nSPS) is 14.5. The third-order valence-electron chi connectivity index (χ3n) is 1.89. The van der Waals surface area contributed by atoms with Crippen LogP contribution >= 0.6 is 0 Å². The predicted molar refractivity (Wildman–Crippen MR) is 56.2 cm³/mol. The van der Waals surface area contributed by atoms with Crippen LogP contribution in [0.15, 0.2) is 27.7 Å². The van der Waals surface area contributed by atoms with Crippen molar-refractivity contribution in [3.05, 3.63) is 23.9 Å². The van der Waals surface area contributed by atoms with Gasteiger partial charge in [0.1, 0.15) is 17.7 Å². The second-order valence-electron chi connectivity index (χ2n) is 2.92. The van der Waals surface area contributed by atoms with Crippen LogP contribution in [0.3, 0.4) is 0 Å². The largest absolute Gasteiger partial charge is 0.249 e. The summed E-state index contributed by atoms with van der Waals surface area (Å²) in [5, 5.41) is 15.3. The molecule has 0 N–H and O–H groups in total. The van der Waals surface area contributed by atoms with Crippen LogP contribution in [0.2, 0.25) is 0 Å². The summed E-state index contributed by atoms with van der Waals surface area (Å²) in [6.45, 7) is 3.66. The van der Waals surface area contributed by atoms with Gasteiger partial charge < -0.3 is 0 Å². The first-order chi connectivity index (χ1) is 7.29. The highest BCUT2D eigenvalue weighted by Crippen LogP contribution is 2.04. The van der Waals surface area contributed by atoms with Crippen molar-refractivity contribution in [1.82, 2.24) is 15.2 Å². The van der Waals surface area contributed by atoms with E-state index in [-0.39, 0.29) is 0 Å². The Balaban J connectivity index is 2.53. The molecule has 0 radical (unpaired) electrons. The zero-order valence-electron chi connectivity index (χ0n) is 8.34. The molecule has 2 rings (SSSR count). The lowest BCUT2D eigenvalue weighted by atomic mass is 10.1. The van der Waals surface area contributed by atoms with Crippen molar-refractivity contribution in [3.8, 4) is 0 Å². The van der Waals surface area contributed by atoms with Gasteiger partial charge in [-0.2, -0.15) is 0 Å². The van der Waals surface area contributed by atoms with E-state index in [1.807, 2.05) is 13.8 Å². The van der Waals surface area contributed by atoms with Crippen LogP contribution in [-0.4, -0.2) is 32.5 Å². The minimum absolute atomic E-state index is 0.578. The summed E-state index contributed by atoms with van der Waals surface area (Å²) in [6.07, 6.45) is 2.86. The van der Waals surface area contributed by atoms with E-state index in [4.69, 9.17) is 0 Å². The molecule has 1 aliphatic heterocycles. The number of hydrogen-bond donors (Lipinski definition) is 0. The molecule has 0 atom stereocenters. The van der Waals surface area contributed by atoms with Crippen LogP contribution in [0.25, 0.3) is 0 Å². The third-order valence-corrected chi connectivity index (χ3v) is 1.89. The van der Waals surface area contributed by atoms with Gasteiger partial charge in [-0.15, -0.1) is 20.4 Å². The first-order valence-corrected chi connectivity index (χ1v) is 4.33. The van der Waals surface area contributed by atoms with E-state index in [1.165, 1.54) is 12.5 Å². The first kappa shape index (κ1) is 9.36. The molecule has 74 valence electrons. The quantitative estimate of drug-likeness (QED) is 0.664. The van der Waals surface area contributed by atoms with E-state index < -0.39 is 0 Å². The molecule has 6 nitrogen and oxygen atoms in total. The summed E-state index contributed by atoms with van der Waals surface area (Å²) >= 11 is 0. The zero-order valence-corrected chi connectivity index (χ0v) is 8.34. The fraction of sp³-hybridized carbons (Fsp3) is 0.222. The molecular formula is C9H8N6. The van der Waals surface area contributed by atoms with Crippen molar-refractivity contribution in [2.24, 2.45) is 15.2 Å². The molecule has 2 heterocycles. The second kappa shape index (κ2) is 3.89. The highest BCUT2D eigenvalue weighted by atomic mass is 15.2. The lowest BCUT2D eigenvalue weighted by molar-refractivity contribution is 0.926.